The molecule has 0 bridgehead atoms. The Balaban J connectivity index is 4.80. The van der Waals surface area contributed by atoms with Gasteiger partial charge in [-0.15, -0.1) is 0 Å². The Bertz CT molecular complexity index is 293. The predicted octanol–water partition coefficient (Wildman–Crippen LogP) is 1.46. The summed E-state index contributed by atoms with van der Waals surface area (Å²) in [6.07, 6.45) is -16.0. The van der Waals surface area contributed by atoms with Gasteiger partial charge in [0.2, 0.25) is 0 Å². The van der Waals surface area contributed by atoms with Crippen LogP contribution in [0.4, 0.5) is 26.3 Å². The molecule has 14 heavy (non-hydrogen) atoms. The first-order chi connectivity index (χ1) is 5.86. The Morgan fingerprint density at radius 1 is 1.14 bits per heavy atom. The minimum atomic E-state index is -5.89. The van der Waals surface area contributed by atoms with Crippen molar-refractivity contribution in [2.45, 2.75) is 18.5 Å². The fourth-order valence-corrected chi connectivity index (χ4v) is 0.923. The minimum absolute atomic E-state index is 0.0734. The molecule has 1 atom stereocenters. The quantitative estimate of drug-likeness (QED) is 0.559. The molecule has 0 radical (unpaired) electrons. The van der Waals surface area contributed by atoms with Crippen LogP contribution in [0, 0.1) is 0 Å². The van der Waals surface area contributed by atoms with Gasteiger partial charge in [-0.05, 0) is 0 Å². The standard InChI is InChI=1S/C4H4F6O3S/c1-14(11,12)13-4(9,10)2(5)3(6,7)8/h2H,1H3. The van der Waals surface area contributed by atoms with Gasteiger partial charge in [0, 0.05) is 0 Å². The maximum absolute atomic E-state index is 12.1. The Morgan fingerprint density at radius 2 is 1.50 bits per heavy atom. The van der Waals surface area contributed by atoms with Crippen molar-refractivity contribution in [1.29, 1.82) is 0 Å². The van der Waals surface area contributed by atoms with Crippen LogP contribution in [-0.2, 0) is 14.3 Å². The average molecular weight is 246 g/mol. The molecule has 0 aliphatic heterocycles. The Kier molecular flexibility index (Phi) is 3.44. The molecular weight excluding hydrogens is 242 g/mol. The first kappa shape index (κ1) is 13.5. The second kappa shape index (κ2) is 3.57. The van der Waals surface area contributed by atoms with Crippen LogP contribution < -0.4 is 0 Å². The third kappa shape index (κ3) is 4.13. The number of alkyl halides is 6. The van der Waals surface area contributed by atoms with E-state index in [1.165, 1.54) is 0 Å². The Morgan fingerprint density at radius 3 is 1.71 bits per heavy atom. The van der Waals surface area contributed by atoms with Gasteiger partial charge in [0.15, 0.2) is 0 Å². The number of hydrogen-bond acceptors (Lipinski definition) is 3. The third-order valence-electron chi connectivity index (χ3n) is 0.845. The molecular formula is C4H4F6O3S. The van der Waals surface area contributed by atoms with E-state index in [1.54, 1.807) is 0 Å². The molecule has 3 nitrogen and oxygen atoms in total. The van der Waals surface area contributed by atoms with Gasteiger partial charge in [0.05, 0.1) is 6.26 Å². The van der Waals surface area contributed by atoms with Crippen LogP contribution in [0.2, 0.25) is 0 Å². The van der Waals surface area contributed by atoms with E-state index in [0.717, 1.165) is 0 Å². The van der Waals surface area contributed by atoms with Crippen molar-refractivity contribution in [3.05, 3.63) is 0 Å². The van der Waals surface area contributed by atoms with Crippen molar-refractivity contribution in [2.75, 3.05) is 6.26 Å². The topological polar surface area (TPSA) is 43.4 Å². The Hall–Kier alpha value is -0.510. The summed E-state index contributed by atoms with van der Waals surface area (Å²) >= 11 is 0. The van der Waals surface area contributed by atoms with Gasteiger partial charge in [-0.3, -0.25) is 0 Å². The molecule has 0 spiro atoms. The summed E-state index contributed by atoms with van der Waals surface area (Å²) in [4.78, 5) is 0. The fourth-order valence-electron chi connectivity index (χ4n) is 0.435. The molecule has 0 aromatic rings. The highest BCUT2D eigenvalue weighted by molar-refractivity contribution is 7.86. The van der Waals surface area contributed by atoms with Crippen LogP contribution in [0.25, 0.3) is 0 Å². The average Bonchev–Trinajstić information content (AvgIpc) is 1.78. The van der Waals surface area contributed by atoms with Crippen molar-refractivity contribution < 1.29 is 38.9 Å². The lowest BCUT2D eigenvalue weighted by molar-refractivity contribution is -0.303. The molecule has 0 saturated carbocycles. The van der Waals surface area contributed by atoms with Gasteiger partial charge in [-0.2, -0.15) is 34.6 Å². The molecule has 86 valence electrons. The van der Waals surface area contributed by atoms with Gasteiger partial charge >= 0.3 is 12.3 Å². The summed E-state index contributed by atoms with van der Waals surface area (Å²) in [6, 6.07) is 0. The summed E-state index contributed by atoms with van der Waals surface area (Å²) < 4.78 is 93.1. The molecule has 0 rings (SSSR count). The second-order valence-corrected chi connectivity index (χ2v) is 3.83. The maximum atomic E-state index is 12.1. The van der Waals surface area contributed by atoms with Crippen molar-refractivity contribution >= 4 is 10.1 Å². The van der Waals surface area contributed by atoms with E-state index in [-0.39, 0.29) is 6.26 Å². The predicted molar refractivity (Wildman–Crippen MR) is 31.8 cm³/mol. The van der Waals surface area contributed by atoms with E-state index in [0.29, 0.717) is 0 Å². The van der Waals surface area contributed by atoms with E-state index in [2.05, 4.69) is 4.18 Å². The van der Waals surface area contributed by atoms with Crippen molar-refractivity contribution in [1.82, 2.24) is 0 Å². The lowest BCUT2D eigenvalue weighted by atomic mass is 10.3. The first-order valence-electron chi connectivity index (χ1n) is 2.85. The normalized spacial score (nSPS) is 16.8. The number of hydrogen-bond donors (Lipinski definition) is 0. The zero-order valence-electron chi connectivity index (χ0n) is 6.48. The zero-order chi connectivity index (χ0) is 11.8. The molecule has 10 heteroatoms. The molecule has 0 saturated heterocycles. The van der Waals surface area contributed by atoms with E-state index < -0.39 is 28.6 Å². The van der Waals surface area contributed by atoms with Crippen LogP contribution in [0.3, 0.4) is 0 Å². The number of halogens is 6. The van der Waals surface area contributed by atoms with Gasteiger partial charge in [0.25, 0.3) is 16.3 Å². The maximum Gasteiger partial charge on any atom is 0.428 e. The molecule has 0 aliphatic carbocycles. The highest BCUT2D eigenvalue weighted by Crippen LogP contribution is 2.36. The van der Waals surface area contributed by atoms with Gasteiger partial charge in [-0.1, -0.05) is 0 Å². The van der Waals surface area contributed by atoms with Crippen LogP contribution in [0.5, 0.6) is 0 Å². The molecule has 0 aliphatic rings. The summed E-state index contributed by atoms with van der Waals surface area (Å²) in [5.74, 6) is 0. The van der Waals surface area contributed by atoms with Crippen LogP contribution in [-0.4, -0.2) is 33.1 Å². The Labute approximate surface area is 74.8 Å². The van der Waals surface area contributed by atoms with Crippen LogP contribution >= 0.6 is 0 Å². The van der Waals surface area contributed by atoms with Crippen molar-refractivity contribution in [3.8, 4) is 0 Å². The molecule has 0 aromatic carbocycles. The van der Waals surface area contributed by atoms with Crippen LogP contribution in [0.15, 0.2) is 0 Å². The summed E-state index contributed by atoms with van der Waals surface area (Å²) in [7, 11) is -4.88. The monoisotopic (exact) mass is 246 g/mol. The fraction of sp³-hybridized carbons (Fsp3) is 1.00. The SMILES string of the molecule is CS(=O)(=O)OC(F)(F)C(F)C(F)(F)F. The highest BCUT2D eigenvalue weighted by Gasteiger charge is 2.59. The van der Waals surface area contributed by atoms with Gasteiger partial charge < -0.3 is 0 Å². The molecule has 0 amide bonds. The van der Waals surface area contributed by atoms with E-state index in [1.807, 2.05) is 0 Å². The molecule has 0 fully saturated rings. The number of rotatable bonds is 3. The molecule has 0 heterocycles. The zero-order valence-corrected chi connectivity index (χ0v) is 7.29. The van der Waals surface area contributed by atoms with Crippen molar-refractivity contribution in [2.24, 2.45) is 0 Å². The van der Waals surface area contributed by atoms with E-state index in [9.17, 15) is 34.8 Å². The third-order valence-corrected chi connectivity index (χ3v) is 1.37. The van der Waals surface area contributed by atoms with Gasteiger partial charge in [0.1, 0.15) is 0 Å². The smallest absolute Gasteiger partial charge is 0.228 e. The molecule has 1 unspecified atom stereocenters. The largest absolute Gasteiger partial charge is 0.428 e. The van der Waals surface area contributed by atoms with Crippen LogP contribution in [0.1, 0.15) is 0 Å². The summed E-state index contributed by atoms with van der Waals surface area (Å²) in [5.41, 5.74) is 0. The molecule has 0 N–H and O–H groups in total. The first-order valence-corrected chi connectivity index (χ1v) is 4.67. The summed E-state index contributed by atoms with van der Waals surface area (Å²) in [5, 5.41) is 0. The lowest BCUT2D eigenvalue weighted by Gasteiger charge is -2.20. The summed E-state index contributed by atoms with van der Waals surface area (Å²) in [6.45, 7) is 0. The van der Waals surface area contributed by atoms with Crippen molar-refractivity contribution in [3.63, 3.8) is 0 Å². The van der Waals surface area contributed by atoms with Gasteiger partial charge in [-0.25, -0.2) is 4.39 Å². The van der Waals surface area contributed by atoms with E-state index in [4.69, 9.17) is 0 Å². The van der Waals surface area contributed by atoms with E-state index >= 15 is 0 Å². The minimum Gasteiger partial charge on any atom is -0.228 e. The lowest BCUT2D eigenvalue weighted by Crippen LogP contribution is -2.44. The second-order valence-electron chi connectivity index (χ2n) is 2.25. The highest BCUT2D eigenvalue weighted by atomic mass is 32.2. The molecule has 0 aromatic heterocycles.